The lowest BCUT2D eigenvalue weighted by atomic mass is 10.0. The molecule has 3 aromatic carbocycles. The number of H-pyrrole nitrogens is 1. The molecule has 0 radical (unpaired) electrons. The zero-order valence-corrected chi connectivity index (χ0v) is 17.7. The summed E-state index contributed by atoms with van der Waals surface area (Å²) in [5, 5.41) is 21.9. The van der Waals surface area contributed by atoms with E-state index in [2.05, 4.69) is 27.6 Å². The van der Waals surface area contributed by atoms with E-state index in [-0.39, 0.29) is 17.0 Å². The van der Waals surface area contributed by atoms with E-state index in [0.717, 1.165) is 31.4 Å². The number of phenols is 1. The van der Waals surface area contributed by atoms with Crippen LogP contribution in [0, 0.1) is 0 Å². The molecule has 5 aromatic rings. The van der Waals surface area contributed by atoms with Gasteiger partial charge in [-0.3, -0.25) is 9.89 Å². The van der Waals surface area contributed by atoms with Crippen LogP contribution in [0.3, 0.4) is 0 Å². The number of fused-ring (bicyclic) bond motifs is 2. The molecule has 0 aliphatic heterocycles. The molecular formula is C24H17N3O4S. The third-order valence-corrected chi connectivity index (χ3v) is 6.32. The molecule has 32 heavy (non-hydrogen) atoms. The number of methoxy groups -OCH3 is 1. The average Bonchev–Trinajstić information content (AvgIpc) is 3.46. The lowest BCUT2D eigenvalue weighted by Gasteiger charge is -2.10. The van der Waals surface area contributed by atoms with Gasteiger partial charge >= 0.3 is 5.97 Å². The standard InChI is InChI=1S/C24H17N3O4S/c1-31-24(30)14-6-7-19(28)18(10-14)26-23(29)15-8-16-12-25-27-22(16)17(9-15)21-11-13-4-2-3-5-20(13)32-21/h2-12,28H,1H3,(H,25,27)(H,26,29). The predicted octanol–water partition coefficient (Wildman–Crippen LogP) is 5.19. The Labute approximate surface area is 186 Å². The fourth-order valence-corrected chi connectivity index (χ4v) is 4.66. The van der Waals surface area contributed by atoms with Gasteiger partial charge in [0.1, 0.15) is 5.75 Å². The van der Waals surface area contributed by atoms with Gasteiger partial charge in [-0.1, -0.05) is 18.2 Å². The fourth-order valence-electron chi connectivity index (χ4n) is 3.57. The molecule has 0 saturated heterocycles. The number of esters is 1. The Bertz CT molecular complexity index is 1470. The highest BCUT2D eigenvalue weighted by atomic mass is 32.1. The van der Waals surface area contributed by atoms with Crippen LogP contribution < -0.4 is 5.32 Å². The summed E-state index contributed by atoms with van der Waals surface area (Å²) in [5.74, 6) is -1.14. The summed E-state index contributed by atoms with van der Waals surface area (Å²) in [6.07, 6.45) is 1.66. The molecule has 0 unspecified atom stereocenters. The summed E-state index contributed by atoms with van der Waals surface area (Å²) >= 11 is 1.63. The van der Waals surface area contributed by atoms with Crippen molar-refractivity contribution in [2.24, 2.45) is 0 Å². The molecule has 7 nitrogen and oxygen atoms in total. The topological polar surface area (TPSA) is 104 Å². The van der Waals surface area contributed by atoms with Crippen molar-refractivity contribution in [3.8, 4) is 16.2 Å². The van der Waals surface area contributed by atoms with E-state index in [9.17, 15) is 14.7 Å². The second kappa shape index (κ2) is 7.82. The number of benzene rings is 3. The highest BCUT2D eigenvalue weighted by molar-refractivity contribution is 7.22. The number of rotatable bonds is 4. The third kappa shape index (κ3) is 3.46. The molecular weight excluding hydrogens is 426 g/mol. The first-order valence-electron chi connectivity index (χ1n) is 9.72. The van der Waals surface area contributed by atoms with Crippen molar-refractivity contribution in [2.75, 3.05) is 12.4 Å². The lowest BCUT2D eigenvalue weighted by Crippen LogP contribution is -2.13. The van der Waals surface area contributed by atoms with Crippen LogP contribution in [0.15, 0.2) is 66.9 Å². The molecule has 0 aliphatic rings. The second-order valence-corrected chi connectivity index (χ2v) is 8.27. The summed E-state index contributed by atoms with van der Waals surface area (Å²) < 4.78 is 5.85. The molecule has 0 bridgehead atoms. The molecule has 0 saturated carbocycles. The highest BCUT2D eigenvalue weighted by Gasteiger charge is 2.17. The van der Waals surface area contributed by atoms with Crippen LogP contribution in [0.1, 0.15) is 20.7 Å². The molecule has 3 N–H and O–H groups in total. The van der Waals surface area contributed by atoms with Gasteiger partial charge in [0.05, 0.1) is 30.1 Å². The maximum Gasteiger partial charge on any atom is 0.337 e. The van der Waals surface area contributed by atoms with Gasteiger partial charge in [-0.2, -0.15) is 5.10 Å². The number of aromatic nitrogens is 2. The lowest BCUT2D eigenvalue weighted by molar-refractivity contribution is 0.0600. The molecule has 0 atom stereocenters. The number of amides is 1. The smallest absolute Gasteiger partial charge is 0.337 e. The number of hydrogen-bond acceptors (Lipinski definition) is 6. The van der Waals surface area contributed by atoms with E-state index in [4.69, 9.17) is 4.74 Å². The van der Waals surface area contributed by atoms with Gasteiger partial charge in [-0.25, -0.2) is 4.79 Å². The number of nitrogens with zero attached hydrogens (tertiary/aromatic N) is 1. The molecule has 0 spiro atoms. The van der Waals surface area contributed by atoms with Crippen molar-refractivity contribution < 1.29 is 19.4 Å². The third-order valence-electron chi connectivity index (χ3n) is 5.17. The van der Waals surface area contributed by atoms with Crippen LogP contribution in [0.5, 0.6) is 5.75 Å². The van der Waals surface area contributed by atoms with E-state index in [0.29, 0.717) is 5.56 Å². The summed E-state index contributed by atoms with van der Waals surface area (Å²) in [6.45, 7) is 0. The first-order valence-corrected chi connectivity index (χ1v) is 10.5. The van der Waals surface area contributed by atoms with Crippen molar-refractivity contribution in [1.82, 2.24) is 10.2 Å². The Kier molecular flexibility index (Phi) is 4.84. The van der Waals surface area contributed by atoms with Crippen molar-refractivity contribution >= 4 is 49.9 Å². The monoisotopic (exact) mass is 443 g/mol. The van der Waals surface area contributed by atoms with Crippen LogP contribution in [0.2, 0.25) is 0 Å². The Hall–Kier alpha value is -4.17. The minimum atomic E-state index is -0.563. The number of phenolic OH excluding ortho intramolecular Hbond substituents is 1. The van der Waals surface area contributed by atoms with Crippen molar-refractivity contribution in [1.29, 1.82) is 0 Å². The van der Waals surface area contributed by atoms with Gasteiger partial charge in [0.25, 0.3) is 5.91 Å². The summed E-state index contributed by atoms with van der Waals surface area (Å²) in [5.41, 5.74) is 2.43. The fraction of sp³-hybridized carbons (Fsp3) is 0.0417. The summed E-state index contributed by atoms with van der Waals surface area (Å²) in [6, 6.07) is 17.8. The normalized spacial score (nSPS) is 11.0. The number of carbonyl (C=O) groups excluding carboxylic acids is 2. The number of thiophene rings is 1. The quantitative estimate of drug-likeness (QED) is 0.262. The highest BCUT2D eigenvalue weighted by Crippen LogP contribution is 2.37. The minimum Gasteiger partial charge on any atom is -0.506 e. The predicted molar refractivity (Wildman–Crippen MR) is 124 cm³/mol. The molecule has 2 heterocycles. The molecule has 0 fully saturated rings. The molecule has 2 aromatic heterocycles. The zero-order valence-electron chi connectivity index (χ0n) is 16.9. The van der Waals surface area contributed by atoms with Gasteiger partial charge in [0.15, 0.2) is 0 Å². The number of carbonyl (C=O) groups is 2. The maximum absolute atomic E-state index is 13.1. The van der Waals surface area contributed by atoms with Crippen LogP contribution in [-0.2, 0) is 4.74 Å². The number of aromatic amines is 1. The van der Waals surface area contributed by atoms with Gasteiger partial charge in [-0.05, 0) is 47.9 Å². The number of ether oxygens (including phenoxy) is 1. The Balaban J connectivity index is 1.55. The summed E-state index contributed by atoms with van der Waals surface area (Å²) in [4.78, 5) is 25.9. The zero-order chi connectivity index (χ0) is 22.2. The molecule has 5 rings (SSSR count). The minimum absolute atomic E-state index is 0.119. The van der Waals surface area contributed by atoms with E-state index in [1.54, 1.807) is 29.7 Å². The first-order chi connectivity index (χ1) is 15.5. The van der Waals surface area contributed by atoms with Gasteiger partial charge in [0.2, 0.25) is 0 Å². The van der Waals surface area contributed by atoms with Gasteiger partial charge in [0, 0.05) is 26.1 Å². The Morgan fingerprint density at radius 3 is 2.69 bits per heavy atom. The molecule has 8 heteroatoms. The van der Waals surface area contributed by atoms with Crippen LogP contribution in [0.4, 0.5) is 5.69 Å². The van der Waals surface area contributed by atoms with E-state index < -0.39 is 11.9 Å². The number of anilines is 1. The molecule has 1 amide bonds. The van der Waals surface area contributed by atoms with E-state index >= 15 is 0 Å². The molecule has 0 aliphatic carbocycles. The van der Waals surface area contributed by atoms with Crippen LogP contribution in [0.25, 0.3) is 31.4 Å². The number of aromatic hydroxyl groups is 1. The van der Waals surface area contributed by atoms with Gasteiger partial charge < -0.3 is 15.2 Å². The Morgan fingerprint density at radius 1 is 1.03 bits per heavy atom. The van der Waals surface area contributed by atoms with E-state index in [1.165, 1.54) is 25.3 Å². The van der Waals surface area contributed by atoms with Crippen molar-refractivity contribution in [2.45, 2.75) is 0 Å². The number of nitrogens with one attached hydrogen (secondary N) is 2. The van der Waals surface area contributed by atoms with Crippen molar-refractivity contribution in [3.05, 3.63) is 78.0 Å². The van der Waals surface area contributed by atoms with Crippen molar-refractivity contribution in [3.63, 3.8) is 0 Å². The largest absolute Gasteiger partial charge is 0.506 e. The maximum atomic E-state index is 13.1. The van der Waals surface area contributed by atoms with E-state index in [1.807, 2.05) is 18.2 Å². The average molecular weight is 443 g/mol. The summed E-state index contributed by atoms with van der Waals surface area (Å²) in [7, 11) is 1.27. The van der Waals surface area contributed by atoms with Crippen LogP contribution in [-0.4, -0.2) is 34.3 Å². The SMILES string of the molecule is COC(=O)c1ccc(O)c(NC(=O)c2cc(-c3cc4ccccc4s3)c3[nH]ncc3c2)c1. The van der Waals surface area contributed by atoms with Gasteiger partial charge in [-0.15, -0.1) is 11.3 Å². The molecule has 158 valence electrons. The first kappa shape index (κ1) is 19.8. The van der Waals surface area contributed by atoms with Crippen LogP contribution >= 0.6 is 11.3 Å². The Morgan fingerprint density at radius 2 is 1.88 bits per heavy atom. The second-order valence-electron chi connectivity index (χ2n) is 7.18. The number of hydrogen-bond donors (Lipinski definition) is 3.